The Kier molecular flexibility index (Phi) is 3.57. The number of hydrogen-bond donors (Lipinski definition) is 1. The highest BCUT2D eigenvalue weighted by molar-refractivity contribution is 5.34. The standard InChI is InChI=1S/C16H22N4/c1-3-7-20-15(18-12-19-20)9-16(10-17-11-16)14-6-4-5-13(2)8-14/h4-6,8,12,17H,3,7,9-11H2,1-2H3. The fraction of sp³-hybridized carbons (Fsp3) is 0.500. The summed E-state index contributed by atoms with van der Waals surface area (Å²) in [5.74, 6) is 1.11. The van der Waals surface area contributed by atoms with E-state index < -0.39 is 0 Å². The van der Waals surface area contributed by atoms with Crippen LogP contribution in [0, 0.1) is 6.92 Å². The van der Waals surface area contributed by atoms with Crippen LogP contribution in [0.5, 0.6) is 0 Å². The van der Waals surface area contributed by atoms with Crippen molar-refractivity contribution in [2.75, 3.05) is 13.1 Å². The third-order valence-electron chi connectivity index (χ3n) is 4.18. The summed E-state index contributed by atoms with van der Waals surface area (Å²) in [5, 5.41) is 7.77. The molecule has 3 rings (SSSR count). The molecule has 1 aromatic heterocycles. The van der Waals surface area contributed by atoms with Gasteiger partial charge in [0.15, 0.2) is 0 Å². The van der Waals surface area contributed by atoms with E-state index in [2.05, 4.69) is 58.2 Å². The van der Waals surface area contributed by atoms with Crippen LogP contribution in [-0.4, -0.2) is 27.9 Å². The number of benzene rings is 1. The fourth-order valence-electron chi connectivity index (χ4n) is 2.96. The van der Waals surface area contributed by atoms with Crippen molar-refractivity contribution < 1.29 is 0 Å². The number of aromatic nitrogens is 3. The zero-order valence-corrected chi connectivity index (χ0v) is 12.3. The van der Waals surface area contributed by atoms with Crippen molar-refractivity contribution in [1.82, 2.24) is 20.1 Å². The maximum absolute atomic E-state index is 4.47. The van der Waals surface area contributed by atoms with Gasteiger partial charge < -0.3 is 5.32 Å². The van der Waals surface area contributed by atoms with E-state index in [1.807, 2.05) is 0 Å². The van der Waals surface area contributed by atoms with Crippen LogP contribution in [0.2, 0.25) is 0 Å². The van der Waals surface area contributed by atoms with Crippen molar-refractivity contribution in [2.24, 2.45) is 0 Å². The lowest BCUT2D eigenvalue weighted by Gasteiger charge is -2.43. The van der Waals surface area contributed by atoms with E-state index in [0.29, 0.717) is 0 Å². The summed E-state index contributed by atoms with van der Waals surface area (Å²) < 4.78 is 2.05. The molecule has 0 atom stereocenters. The highest BCUT2D eigenvalue weighted by Gasteiger charge is 2.40. The average Bonchev–Trinajstić information content (AvgIpc) is 2.81. The van der Waals surface area contributed by atoms with E-state index in [1.54, 1.807) is 6.33 Å². The Bertz CT molecular complexity index is 584. The first kappa shape index (κ1) is 13.3. The van der Waals surface area contributed by atoms with E-state index in [9.17, 15) is 0 Å². The van der Waals surface area contributed by atoms with Crippen LogP contribution >= 0.6 is 0 Å². The first-order valence-electron chi connectivity index (χ1n) is 7.38. The molecule has 20 heavy (non-hydrogen) atoms. The first-order chi connectivity index (χ1) is 9.73. The average molecular weight is 270 g/mol. The fourth-order valence-corrected chi connectivity index (χ4v) is 2.96. The molecule has 2 aromatic rings. The number of aryl methyl sites for hydroxylation is 2. The van der Waals surface area contributed by atoms with E-state index in [0.717, 1.165) is 38.3 Å². The molecule has 1 fully saturated rings. The van der Waals surface area contributed by atoms with E-state index in [-0.39, 0.29) is 5.41 Å². The van der Waals surface area contributed by atoms with Crippen molar-refractivity contribution >= 4 is 0 Å². The number of nitrogens with zero attached hydrogens (tertiary/aromatic N) is 3. The molecule has 1 aliphatic heterocycles. The van der Waals surface area contributed by atoms with E-state index in [1.165, 1.54) is 11.1 Å². The summed E-state index contributed by atoms with van der Waals surface area (Å²) in [5.41, 5.74) is 2.93. The van der Waals surface area contributed by atoms with Gasteiger partial charge in [0.1, 0.15) is 12.2 Å². The van der Waals surface area contributed by atoms with Crippen molar-refractivity contribution in [1.29, 1.82) is 0 Å². The largest absolute Gasteiger partial charge is 0.315 e. The molecule has 0 bridgehead atoms. The van der Waals surface area contributed by atoms with Gasteiger partial charge in [-0.05, 0) is 18.9 Å². The molecule has 2 heterocycles. The minimum atomic E-state index is 0.185. The Labute approximate surface area is 120 Å². The van der Waals surface area contributed by atoms with Crippen LogP contribution in [0.4, 0.5) is 0 Å². The lowest BCUT2D eigenvalue weighted by molar-refractivity contribution is 0.266. The van der Waals surface area contributed by atoms with Gasteiger partial charge in [-0.25, -0.2) is 4.98 Å². The predicted octanol–water partition coefficient (Wildman–Crippen LogP) is 2.08. The van der Waals surface area contributed by atoms with Gasteiger partial charge in [0.05, 0.1) is 0 Å². The van der Waals surface area contributed by atoms with Crippen LogP contribution in [-0.2, 0) is 18.4 Å². The van der Waals surface area contributed by atoms with Gasteiger partial charge in [-0.3, -0.25) is 4.68 Å². The molecule has 1 aromatic carbocycles. The molecule has 106 valence electrons. The molecule has 0 unspecified atom stereocenters. The van der Waals surface area contributed by atoms with Crippen molar-refractivity contribution in [3.63, 3.8) is 0 Å². The molecule has 0 spiro atoms. The molecule has 1 N–H and O–H groups in total. The molecule has 0 amide bonds. The van der Waals surface area contributed by atoms with Gasteiger partial charge in [0, 0.05) is 31.5 Å². The van der Waals surface area contributed by atoms with Gasteiger partial charge in [0.25, 0.3) is 0 Å². The third kappa shape index (κ3) is 2.36. The SMILES string of the molecule is CCCn1ncnc1CC1(c2cccc(C)c2)CNC1. The highest BCUT2D eigenvalue weighted by Crippen LogP contribution is 2.32. The Morgan fingerprint density at radius 1 is 1.35 bits per heavy atom. The van der Waals surface area contributed by atoms with Gasteiger partial charge >= 0.3 is 0 Å². The molecule has 0 saturated carbocycles. The van der Waals surface area contributed by atoms with Crippen molar-refractivity contribution in [3.05, 3.63) is 47.5 Å². The maximum Gasteiger partial charge on any atom is 0.138 e. The van der Waals surface area contributed by atoms with Crippen LogP contribution in [0.3, 0.4) is 0 Å². The Hall–Kier alpha value is -1.68. The van der Waals surface area contributed by atoms with Gasteiger partial charge in [-0.1, -0.05) is 36.8 Å². The van der Waals surface area contributed by atoms with Crippen LogP contribution in [0.1, 0.15) is 30.3 Å². The number of nitrogens with one attached hydrogen (secondary N) is 1. The van der Waals surface area contributed by atoms with Crippen LogP contribution in [0.25, 0.3) is 0 Å². The molecule has 4 nitrogen and oxygen atoms in total. The topological polar surface area (TPSA) is 42.7 Å². The minimum Gasteiger partial charge on any atom is -0.315 e. The first-order valence-corrected chi connectivity index (χ1v) is 7.38. The summed E-state index contributed by atoms with van der Waals surface area (Å²) in [6.07, 6.45) is 3.73. The maximum atomic E-state index is 4.47. The van der Waals surface area contributed by atoms with Crippen molar-refractivity contribution in [2.45, 2.75) is 38.6 Å². The summed E-state index contributed by atoms with van der Waals surface area (Å²) in [6, 6.07) is 8.86. The molecular formula is C16H22N4. The molecule has 0 radical (unpaired) electrons. The quantitative estimate of drug-likeness (QED) is 0.904. The van der Waals surface area contributed by atoms with Crippen molar-refractivity contribution in [3.8, 4) is 0 Å². The lowest BCUT2D eigenvalue weighted by atomic mass is 9.72. The van der Waals surface area contributed by atoms with Crippen LogP contribution < -0.4 is 5.32 Å². The normalized spacial score (nSPS) is 16.9. The molecule has 0 aliphatic carbocycles. The van der Waals surface area contributed by atoms with Crippen LogP contribution in [0.15, 0.2) is 30.6 Å². The highest BCUT2D eigenvalue weighted by atomic mass is 15.3. The summed E-state index contributed by atoms with van der Waals surface area (Å²) in [4.78, 5) is 4.47. The zero-order valence-electron chi connectivity index (χ0n) is 12.3. The Balaban J connectivity index is 1.88. The molecule has 4 heteroatoms. The number of hydrogen-bond acceptors (Lipinski definition) is 3. The van der Waals surface area contributed by atoms with E-state index in [4.69, 9.17) is 0 Å². The molecule has 1 aliphatic rings. The second kappa shape index (κ2) is 5.37. The molecule has 1 saturated heterocycles. The Morgan fingerprint density at radius 2 is 2.20 bits per heavy atom. The third-order valence-corrected chi connectivity index (χ3v) is 4.18. The summed E-state index contributed by atoms with van der Waals surface area (Å²) in [6.45, 7) is 7.33. The van der Waals surface area contributed by atoms with Gasteiger partial charge in [-0.15, -0.1) is 0 Å². The zero-order chi connectivity index (χ0) is 14.0. The summed E-state index contributed by atoms with van der Waals surface area (Å²) in [7, 11) is 0. The predicted molar refractivity (Wildman–Crippen MR) is 79.7 cm³/mol. The van der Waals surface area contributed by atoms with Gasteiger partial charge in [0.2, 0.25) is 0 Å². The lowest BCUT2D eigenvalue weighted by Crippen LogP contribution is -2.58. The monoisotopic (exact) mass is 270 g/mol. The Morgan fingerprint density at radius 3 is 2.85 bits per heavy atom. The number of rotatable bonds is 5. The second-order valence-corrected chi connectivity index (χ2v) is 5.83. The van der Waals surface area contributed by atoms with Gasteiger partial charge in [-0.2, -0.15) is 5.10 Å². The minimum absolute atomic E-state index is 0.185. The van der Waals surface area contributed by atoms with E-state index >= 15 is 0 Å². The summed E-state index contributed by atoms with van der Waals surface area (Å²) >= 11 is 0. The molecular weight excluding hydrogens is 248 g/mol. The smallest absolute Gasteiger partial charge is 0.138 e. The second-order valence-electron chi connectivity index (χ2n) is 5.83.